The fourth-order valence-corrected chi connectivity index (χ4v) is 3.37. The maximum absolute atomic E-state index is 12.1. The smallest absolute Gasteiger partial charge is 0.256 e. The summed E-state index contributed by atoms with van der Waals surface area (Å²) in [4.78, 5) is 23.8. The Morgan fingerprint density at radius 2 is 1.93 bits per heavy atom. The second kappa shape index (κ2) is 8.13. The molecule has 3 heterocycles. The average molecular weight is 402 g/mol. The van der Waals surface area contributed by atoms with E-state index in [1.54, 1.807) is 37.1 Å². The van der Waals surface area contributed by atoms with E-state index in [4.69, 9.17) is 16.9 Å². The van der Waals surface area contributed by atoms with Crippen molar-refractivity contribution in [1.82, 2.24) is 19.5 Å². The first-order chi connectivity index (χ1) is 14.1. The highest BCUT2D eigenvalue weighted by atomic mass is 35.5. The molecule has 4 rings (SSSR count). The third-order valence-corrected chi connectivity index (χ3v) is 4.93. The summed E-state index contributed by atoms with van der Waals surface area (Å²) in [5.41, 5.74) is 3.48. The molecule has 4 aromatic rings. The Morgan fingerprint density at radius 1 is 1.10 bits per heavy atom. The van der Waals surface area contributed by atoms with Crippen LogP contribution in [0.25, 0.3) is 5.82 Å². The monoisotopic (exact) mass is 401 g/mol. The molecule has 0 aliphatic carbocycles. The second-order valence-electron chi connectivity index (χ2n) is 6.58. The van der Waals surface area contributed by atoms with E-state index in [0.29, 0.717) is 22.8 Å². The summed E-state index contributed by atoms with van der Waals surface area (Å²) in [6.07, 6.45) is 7.45. The fraction of sp³-hybridized carbons (Fsp3) is 0.0909. The summed E-state index contributed by atoms with van der Waals surface area (Å²) >= 11 is 6.00. The van der Waals surface area contributed by atoms with Crippen molar-refractivity contribution in [2.24, 2.45) is 0 Å². The van der Waals surface area contributed by atoms with E-state index in [1.165, 1.54) is 10.6 Å². The van der Waals surface area contributed by atoms with Gasteiger partial charge in [0.1, 0.15) is 5.82 Å². The van der Waals surface area contributed by atoms with Crippen LogP contribution in [-0.2, 0) is 6.42 Å². The van der Waals surface area contributed by atoms with Gasteiger partial charge in [-0.1, -0.05) is 29.8 Å². The van der Waals surface area contributed by atoms with Gasteiger partial charge in [0.15, 0.2) is 0 Å². The van der Waals surface area contributed by atoms with Crippen molar-refractivity contribution >= 4 is 11.6 Å². The van der Waals surface area contributed by atoms with Crippen LogP contribution < -0.4 is 5.56 Å². The number of aromatic nitrogens is 4. The van der Waals surface area contributed by atoms with Crippen LogP contribution in [0, 0.1) is 11.3 Å². The molecule has 0 fully saturated rings. The number of hydrogen-bond acceptors (Lipinski definition) is 4. The van der Waals surface area contributed by atoms with Crippen molar-refractivity contribution in [2.45, 2.75) is 12.3 Å². The zero-order valence-electron chi connectivity index (χ0n) is 15.3. The maximum atomic E-state index is 12.1. The number of aromatic amines is 1. The van der Waals surface area contributed by atoms with Gasteiger partial charge in [0.05, 0.1) is 23.0 Å². The lowest BCUT2D eigenvalue weighted by Gasteiger charge is -2.16. The SMILES string of the molecule is N#Cc1ccc(C(Cc2ccc(-n3cc(Cl)ccc3=O)nc2)c2cnc[nH]2)cc1. The largest absolute Gasteiger partial charge is 0.348 e. The molecule has 142 valence electrons. The topological polar surface area (TPSA) is 87.4 Å². The van der Waals surface area contributed by atoms with E-state index >= 15 is 0 Å². The van der Waals surface area contributed by atoms with Crippen LogP contribution in [0.1, 0.15) is 28.3 Å². The molecule has 0 aliphatic rings. The molecule has 1 unspecified atom stereocenters. The van der Waals surface area contributed by atoms with E-state index in [1.807, 2.05) is 30.3 Å². The van der Waals surface area contributed by atoms with Crippen LogP contribution in [0.4, 0.5) is 0 Å². The quantitative estimate of drug-likeness (QED) is 0.550. The van der Waals surface area contributed by atoms with E-state index in [-0.39, 0.29) is 11.5 Å². The van der Waals surface area contributed by atoms with Crippen LogP contribution in [0.5, 0.6) is 0 Å². The van der Waals surface area contributed by atoms with E-state index < -0.39 is 0 Å². The van der Waals surface area contributed by atoms with Gasteiger partial charge < -0.3 is 4.98 Å². The highest BCUT2D eigenvalue weighted by Gasteiger charge is 2.17. The number of rotatable bonds is 5. The van der Waals surface area contributed by atoms with Crippen molar-refractivity contribution in [3.8, 4) is 11.9 Å². The van der Waals surface area contributed by atoms with Crippen LogP contribution in [0.15, 0.2) is 78.2 Å². The molecular weight excluding hydrogens is 386 g/mol. The molecule has 0 saturated carbocycles. The molecule has 1 N–H and O–H groups in total. The van der Waals surface area contributed by atoms with Crippen molar-refractivity contribution in [3.05, 3.63) is 111 Å². The highest BCUT2D eigenvalue weighted by molar-refractivity contribution is 6.30. The molecule has 3 aromatic heterocycles. The minimum absolute atomic E-state index is 0.0341. The van der Waals surface area contributed by atoms with E-state index in [9.17, 15) is 4.79 Å². The lowest BCUT2D eigenvalue weighted by Crippen LogP contribution is -2.17. The molecule has 0 bridgehead atoms. The zero-order valence-corrected chi connectivity index (χ0v) is 16.0. The number of nitrogens with zero attached hydrogens (tertiary/aromatic N) is 4. The first kappa shape index (κ1) is 18.7. The minimum atomic E-state index is -0.192. The summed E-state index contributed by atoms with van der Waals surface area (Å²) in [6, 6.07) is 16.4. The van der Waals surface area contributed by atoms with Crippen molar-refractivity contribution < 1.29 is 0 Å². The normalized spacial score (nSPS) is 11.7. The fourth-order valence-electron chi connectivity index (χ4n) is 3.21. The van der Waals surface area contributed by atoms with Gasteiger partial charge >= 0.3 is 0 Å². The lowest BCUT2D eigenvalue weighted by atomic mass is 9.89. The third kappa shape index (κ3) is 4.10. The molecule has 0 aliphatic heterocycles. The van der Waals surface area contributed by atoms with Crippen LogP contribution >= 0.6 is 11.6 Å². The Labute approximate surface area is 172 Å². The van der Waals surface area contributed by atoms with Crippen LogP contribution in [0.3, 0.4) is 0 Å². The van der Waals surface area contributed by atoms with E-state index in [0.717, 1.165) is 16.8 Å². The third-order valence-electron chi connectivity index (χ3n) is 4.71. The van der Waals surface area contributed by atoms with Gasteiger partial charge in [-0.15, -0.1) is 0 Å². The molecular formula is C22H16ClN5O. The summed E-state index contributed by atoms with van der Waals surface area (Å²) in [5.74, 6) is 0.546. The molecule has 7 heteroatoms. The van der Waals surface area contributed by atoms with Crippen molar-refractivity contribution in [1.29, 1.82) is 5.26 Å². The first-order valence-electron chi connectivity index (χ1n) is 8.96. The zero-order chi connectivity index (χ0) is 20.2. The second-order valence-corrected chi connectivity index (χ2v) is 7.01. The highest BCUT2D eigenvalue weighted by Crippen LogP contribution is 2.27. The minimum Gasteiger partial charge on any atom is -0.348 e. The van der Waals surface area contributed by atoms with Crippen molar-refractivity contribution in [2.75, 3.05) is 0 Å². The number of benzene rings is 1. The molecule has 1 atom stereocenters. The van der Waals surface area contributed by atoms with E-state index in [2.05, 4.69) is 21.0 Å². The van der Waals surface area contributed by atoms with Gasteiger partial charge in [0, 0.05) is 36.3 Å². The first-order valence-corrected chi connectivity index (χ1v) is 9.33. The summed E-state index contributed by atoms with van der Waals surface area (Å²) < 4.78 is 1.42. The number of hydrogen-bond donors (Lipinski definition) is 1. The maximum Gasteiger partial charge on any atom is 0.256 e. The molecule has 1 aromatic carbocycles. The Hall–Kier alpha value is -3.69. The average Bonchev–Trinajstić information content (AvgIpc) is 3.29. The van der Waals surface area contributed by atoms with Crippen LogP contribution in [0.2, 0.25) is 5.02 Å². The predicted octanol–water partition coefficient (Wildman–Crippen LogP) is 3.86. The summed E-state index contributed by atoms with van der Waals surface area (Å²) in [6.45, 7) is 0. The Morgan fingerprint density at radius 3 is 2.59 bits per heavy atom. The van der Waals surface area contributed by atoms with Gasteiger partial charge in [0.2, 0.25) is 0 Å². The van der Waals surface area contributed by atoms with Gasteiger partial charge in [0.25, 0.3) is 5.56 Å². The number of nitriles is 1. The Bertz CT molecular complexity index is 1210. The van der Waals surface area contributed by atoms with Gasteiger partial charge in [-0.3, -0.25) is 9.36 Å². The predicted molar refractivity (Wildman–Crippen MR) is 110 cm³/mol. The summed E-state index contributed by atoms with van der Waals surface area (Å²) in [5, 5.41) is 9.50. The number of imidazole rings is 1. The molecule has 6 nitrogen and oxygen atoms in total. The molecule has 0 spiro atoms. The molecule has 0 radical (unpaired) electrons. The molecule has 0 amide bonds. The number of H-pyrrole nitrogens is 1. The van der Waals surface area contributed by atoms with Gasteiger partial charge in [-0.05, 0) is 41.8 Å². The van der Waals surface area contributed by atoms with Gasteiger partial charge in [-0.2, -0.15) is 5.26 Å². The number of halogens is 1. The Balaban J connectivity index is 1.63. The standard InChI is InChI=1S/C22H16ClN5O/c23-18-6-8-22(29)28(13-18)21-7-3-16(11-26-21)9-19(20-12-25-14-27-20)17-4-1-15(10-24)2-5-17/h1-8,11-14,19H,9H2,(H,25,27). The van der Waals surface area contributed by atoms with Gasteiger partial charge in [-0.25, -0.2) is 9.97 Å². The van der Waals surface area contributed by atoms with Crippen LogP contribution in [-0.4, -0.2) is 19.5 Å². The lowest BCUT2D eigenvalue weighted by molar-refractivity contribution is 0.775. The van der Waals surface area contributed by atoms with Crippen molar-refractivity contribution in [3.63, 3.8) is 0 Å². The Kier molecular flexibility index (Phi) is 5.23. The number of nitrogens with one attached hydrogen (secondary N) is 1. The number of pyridine rings is 2. The summed E-state index contributed by atoms with van der Waals surface area (Å²) in [7, 11) is 0. The molecule has 29 heavy (non-hydrogen) atoms. The molecule has 0 saturated heterocycles.